The van der Waals surface area contributed by atoms with Crippen molar-refractivity contribution in [1.29, 1.82) is 0 Å². The number of aromatic amines is 1. The van der Waals surface area contributed by atoms with Crippen molar-refractivity contribution in [2.45, 2.75) is 57.6 Å². The Kier molecular flexibility index (Phi) is 5.64. The number of nitrogens with one attached hydrogen (secondary N) is 1. The molecule has 0 aromatic carbocycles. The van der Waals surface area contributed by atoms with Gasteiger partial charge >= 0.3 is 0 Å². The van der Waals surface area contributed by atoms with E-state index in [4.69, 9.17) is 4.74 Å². The number of hydrogen-bond acceptors (Lipinski definition) is 6. The maximum atomic E-state index is 12.3. The zero-order valence-electron chi connectivity index (χ0n) is 16.3. The largest absolute Gasteiger partial charge is 0.388 e. The Labute approximate surface area is 158 Å². The summed E-state index contributed by atoms with van der Waals surface area (Å²) in [5, 5.41) is 21.2. The summed E-state index contributed by atoms with van der Waals surface area (Å²) in [5.41, 5.74) is 0.283. The minimum atomic E-state index is -1.27. The highest BCUT2D eigenvalue weighted by atomic mass is 31.2. The maximum Gasteiger partial charge on any atom is 0.279 e. The number of fused-ring (bicyclic) bond motifs is 1. The summed E-state index contributed by atoms with van der Waals surface area (Å²) in [6.45, 7) is 6.70. The second-order valence-electron chi connectivity index (χ2n) is 7.97. The van der Waals surface area contributed by atoms with Crippen LogP contribution < -0.4 is 5.56 Å². The third-order valence-corrected chi connectivity index (χ3v) is 6.30. The first kappa shape index (κ1) is 20.3. The molecule has 1 fully saturated rings. The zero-order chi connectivity index (χ0) is 19.9. The van der Waals surface area contributed by atoms with Gasteiger partial charge in [0.25, 0.3) is 5.56 Å². The maximum absolute atomic E-state index is 12.3. The van der Waals surface area contributed by atoms with E-state index in [0.717, 1.165) is 12.6 Å². The number of nitrogens with zero attached hydrogens (tertiary/aromatic N) is 3. The molecule has 3 N–H and O–H groups in total. The lowest BCUT2D eigenvalue weighted by Gasteiger charge is -2.20. The molecule has 0 saturated carbocycles. The number of hydrogen-bond donors (Lipinski definition) is 3. The molecule has 8 nitrogen and oxygen atoms in total. The molecule has 2 aromatic rings. The molecule has 4 atom stereocenters. The van der Waals surface area contributed by atoms with E-state index in [2.05, 4.69) is 34.6 Å². The van der Waals surface area contributed by atoms with Crippen molar-refractivity contribution in [2.24, 2.45) is 0 Å². The van der Waals surface area contributed by atoms with Gasteiger partial charge in [0.05, 0.1) is 6.10 Å². The van der Waals surface area contributed by atoms with Gasteiger partial charge in [-0.2, -0.15) is 0 Å². The topological polar surface area (TPSA) is 113 Å². The fourth-order valence-electron chi connectivity index (χ4n) is 3.46. The summed E-state index contributed by atoms with van der Waals surface area (Å²) in [4.78, 5) is 23.8. The van der Waals surface area contributed by atoms with Crippen molar-refractivity contribution < 1.29 is 14.9 Å². The number of ether oxygens (including phenoxy) is 1. The van der Waals surface area contributed by atoms with Gasteiger partial charge in [0.2, 0.25) is 0 Å². The van der Waals surface area contributed by atoms with Crippen LogP contribution >= 0.6 is 6.89 Å². The van der Waals surface area contributed by atoms with Gasteiger partial charge in [-0.25, -0.2) is 9.97 Å². The van der Waals surface area contributed by atoms with Crippen LogP contribution in [-0.4, -0.2) is 73.8 Å². The molecule has 150 valence electrons. The lowest BCUT2D eigenvalue weighted by Crippen LogP contribution is -2.32. The summed E-state index contributed by atoms with van der Waals surface area (Å²) in [7, 11) is 0. The number of rotatable bonds is 6. The van der Waals surface area contributed by atoms with Crippen molar-refractivity contribution in [3.63, 3.8) is 0 Å². The molecule has 9 heteroatoms. The smallest absolute Gasteiger partial charge is 0.279 e. The fraction of sp³-hybridized carbons (Fsp3) is 0.667. The van der Waals surface area contributed by atoms with Gasteiger partial charge in [-0.1, -0.05) is 6.92 Å². The first-order chi connectivity index (χ1) is 12.6. The summed E-state index contributed by atoms with van der Waals surface area (Å²) < 4.78 is 7.74. The van der Waals surface area contributed by atoms with Gasteiger partial charge in [0.15, 0.2) is 17.4 Å². The van der Waals surface area contributed by atoms with E-state index in [-0.39, 0.29) is 11.1 Å². The quantitative estimate of drug-likeness (QED) is 0.630. The molecule has 0 amide bonds. The van der Waals surface area contributed by atoms with E-state index in [1.807, 2.05) is 6.92 Å². The Morgan fingerprint density at radius 3 is 2.63 bits per heavy atom. The molecule has 3 heterocycles. The van der Waals surface area contributed by atoms with Crippen molar-refractivity contribution in [3.8, 4) is 0 Å². The number of aryl methyl sites for hydroxylation is 2. The van der Waals surface area contributed by atoms with Crippen LogP contribution in [0.5, 0.6) is 0 Å². The van der Waals surface area contributed by atoms with Crippen molar-refractivity contribution >= 4 is 24.3 Å². The molecule has 2 aromatic heterocycles. The fourth-order valence-corrected chi connectivity index (χ4v) is 4.42. The number of H-pyrrole nitrogens is 1. The number of aromatic nitrogens is 4. The Morgan fingerprint density at radius 1 is 1.30 bits per heavy atom. The third-order valence-electron chi connectivity index (χ3n) is 4.83. The number of aliphatic hydroxyl groups excluding tert-OH is 2. The van der Waals surface area contributed by atoms with Crippen LogP contribution in [0.1, 0.15) is 37.6 Å². The van der Waals surface area contributed by atoms with Crippen LogP contribution in [0.3, 0.4) is 0 Å². The number of imidazole rings is 1. The molecule has 0 spiro atoms. The average Bonchev–Trinajstić information content (AvgIpc) is 3.04. The normalized spacial score (nSPS) is 26.1. The summed E-state index contributed by atoms with van der Waals surface area (Å²) >= 11 is 0. The summed E-state index contributed by atoms with van der Waals surface area (Å²) in [5.74, 6) is 1.09. The van der Waals surface area contributed by atoms with Crippen LogP contribution in [0.2, 0.25) is 0 Å². The Morgan fingerprint density at radius 2 is 2.00 bits per heavy atom. The molecular weight excluding hydrogens is 367 g/mol. The van der Waals surface area contributed by atoms with Crippen LogP contribution in [0, 0.1) is 6.92 Å². The average molecular weight is 396 g/mol. The second kappa shape index (κ2) is 7.51. The molecule has 0 aliphatic carbocycles. The van der Waals surface area contributed by atoms with Crippen molar-refractivity contribution in [1.82, 2.24) is 19.5 Å². The predicted molar refractivity (Wildman–Crippen MR) is 108 cm³/mol. The van der Waals surface area contributed by atoms with Gasteiger partial charge in [-0.05, 0) is 39.3 Å². The monoisotopic (exact) mass is 396 g/mol. The molecule has 1 aliphatic heterocycles. The molecular formula is C18H29N4O4P. The van der Waals surface area contributed by atoms with E-state index in [0.29, 0.717) is 30.1 Å². The molecule has 1 saturated heterocycles. The highest BCUT2D eigenvalue weighted by molar-refractivity contribution is 7.72. The van der Waals surface area contributed by atoms with Crippen molar-refractivity contribution in [2.75, 3.05) is 19.5 Å². The third kappa shape index (κ3) is 4.04. The van der Waals surface area contributed by atoms with E-state index in [9.17, 15) is 15.0 Å². The lowest BCUT2D eigenvalue weighted by molar-refractivity contribution is -0.0368. The van der Waals surface area contributed by atoms with Crippen LogP contribution in [0.15, 0.2) is 4.79 Å². The lowest BCUT2D eigenvalue weighted by atomic mass is 10.1. The minimum absolute atomic E-state index is 0.225. The Balaban J connectivity index is 2.02. The molecule has 27 heavy (non-hydrogen) atoms. The van der Waals surface area contributed by atoms with Gasteiger partial charge in [0, 0.05) is 6.42 Å². The van der Waals surface area contributed by atoms with E-state index >= 15 is 0 Å². The molecule has 3 rings (SSSR count). The highest BCUT2D eigenvalue weighted by Crippen LogP contribution is 2.40. The summed E-state index contributed by atoms with van der Waals surface area (Å²) in [6.07, 6.45) is 3.68. The first-order valence-corrected chi connectivity index (χ1v) is 12.3. The Hall–Kier alpha value is -1.47. The van der Waals surface area contributed by atoms with Crippen molar-refractivity contribution in [3.05, 3.63) is 22.0 Å². The van der Waals surface area contributed by atoms with E-state index < -0.39 is 31.4 Å². The van der Waals surface area contributed by atoms with Gasteiger partial charge in [0.1, 0.15) is 23.9 Å². The van der Waals surface area contributed by atoms with Gasteiger partial charge < -0.3 is 19.9 Å². The van der Waals surface area contributed by atoms with Gasteiger partial charge in [-0.3, -0.25) is 9.36 Å². The van der Waals surface area contributed by atoms with Crippen LogP contribution in [0.25, 0.3) is 11.2 Å². The van der Waals surface area contributed by atoms with E-state index in [1.165, 1.54) is 0 Å². The molecule has 0 bridgehead atoms. The minimum Gasteiger partial charge on any atom is -0.388 e. The SMILES string of the molecule is C=P(C)(C)CC[C@H]1OC(n2c(CCC)nc3c(=O)[nH]c(C)nc32)C(O)[C@@H]1O. The zero-order valence-corrected chi connectivity index (χ0v) is 17.2. The Bertz CT molecular complexity index is 931. The number of aliphatic hydroxyl groups is 2. The first-order valence-electron chi connectivity index (χ1n) is 9.29. The molecule has 1 aliphatic rings. The molecule has 0 radical (unpaired) electrons. The molecule has 2 unspecified atom stereocenters. The van der Waals surface area contributed by atoms with Gasteiger partial charge in [-0.15, -0.1) is 13.2 Å². The second-order valence-corrected chi connectivity index (χ2v) is 12.3. The van der Waals surface area contributed by atoms with Crippen LogP contribution in [-0.2, 0) is 11.2 Å². The van der Waals surface area contributed by atoms with E-state index in [1.54, 1.807) is 11.5 Å². The standard InChI is InChI=1S/C18H29N4O4P/c1-6-7-12-21-13-16(19-10(2)20-17(13)25)22(12)18-15(24)14(23)11(26-18)8-9-27(3,4)5/h11,14-15,18,23-24H,3,6-9H2,1-2,4-5H3,(H,19,20,25)/t11-,14-,15?,18?/m1/s1. The predicted octanol–water partition coefficient (Wildman–Crippen LogP) is 1.10. The van der Waals surface area contributed by atoms with Crippen LogP contribution in [0.4, 0.5) is 0 Å². The highest BCUT2D eigenvalue weighted by Gasteiger charge is 2.45. The summed E-state index contributed by atoms with van der Waals surface area (Å²) in [6, 6.07) is 0.